The highest BCUT2D eigenvalue weighted by Gasteiger charge is 2.11. The van der Waals surface area contributed by atoms with E-state index in [1.165, 1.54) is 0 Å². The Bertz CT molecular complexity index is 94.2. The van der Waals surface area contributed by atoms with Gasteiger partial charge in [0.25, 0.3) is 0 Å². The standard InChI is InChI=1S/C5H11NO3/c1-2-4(7)5(8)3-9-6/h5,8H,2-3,6H2,1H3. The molecule has 0 amide bonds. The maximum atomic E-state index is 10.5. The van der Waals surface area contributed by atoms with Crippen LogP contribution in [0, 0.1) is 0 Å². The Hall–Kier alpha value is -0.450. The lowest BCUT2D eigenvalue weighted by atomic mass is 10.2. The van der Waals surface area contributed by atoms with Gasteiger partial charge in [-0.3, -0.25) is 4.79 Å². The number of ketones is 1. The molecule has 3 N–H and O–H groups in total. The molecule has 0 saturated carbocycles. The zero-order valence-electron chi connectivity index (χ0n) is 5.33. The fraction of sp³-hybridized carbons (Fsp3) is 0.800. The summed E-state index contributed by atoms with van der Waals surface area (Å²) in [5.74, 6) is 4.36. The second kappa shape index (κ2) is 4.43. The zero-order chi connectivity index (χ0) is 7.28. The number of hydrogen-bond acceptors (Lipinski definition) is 4. The fourth-order valence-corrected chi connectivity index (χ4v) is 0.420. The minimum atomic E-state index is -1.06. The van der Waals surface area contributed by atoms with Crippen LogP contribution in [0.3, 0.4) is 0 Å². The number of carbonyl (C=O) groups is 1. The molecule has 4 heteroatoms. The molecule has 4 nitrogen and oxygen atoms in total. The highest BCUT2D eigenvalue weighted by Crippen LogP contribution is 1.89. The van der Waals surface area contributed by atoms with Crippen molar-refractivity contribution in [1.29, 1.82) is 0 Å². The number of Topliss-reactive ketones (excluding diaryl/α,β-unsaturated/α-hetero) is 1. The van der Waals surface area contributed by atoms with Crippen molar-refractivity contribution >= 4 is 5.78 Å². The third-order valence-electron chi connectivity index (χ3n) is 0.974. The van der Waals surface area contributed by atoms with Gasteiger partial charge in [-0.1, -0.05) is 6.92 Å². The lowest BCUT2D eigenvalue weighted by Crippen LogP contribution is -2.26. The highest BCUT2D eigenvalue weighted by molar-refractivity contribution is 5.82. The van der Waals surface area contributed by atoms with Crippen LogP contribution in [0.15, 0.2) is 0 Å². The minimum Gasteiger partial charge on any atom is -0.383 e. The van der Waals surface area contributed by atoms with E-state index in [2.05, 4.69) is 10.7 Å². The van der Waals surface area contributed by atoms with Crippen molar-refractivity contribution in [2.24, 2.45) is 5.90 Å². The van der Waals surface area contributed by atoms with E-state index in [0.29, 0.717) is 6.42 Å². The molecule has 9 heavy (non-hydrogen) atoms. The monoisotopic (exact) mass is 133 g/mol. The van der Waals surface area contributed by atoms with Gasteiger partial charge in [-0.05, 0) is 0 Å². The Balaban J connectivity index is 3.45. The van der Waals surface area contributed by atoms with Gasteiger partial charge in [0.2, 0.25) is 0 Å². The summed E-state index contributed by atoms with van der Waals surface area (Å²) in [4.78, 5) is 14.6. The third-order valence-corrected chi connectivity index (χ3v) is 0.974. The minimum absolute atomic E-state index is 0.118. The van der Waals surface area contributed by atoms with E-state index >= 15 is 0 Å². The number of hydrogen-bond donors (Lipinski definition) is 2. The molecule has 0 radical (unpaired) electrons. The Kier molecular flexibility index (Phi) is 4.21. The summed E-state index contributed by atoms with van der Waals surface area (Å²) in [7, 11) is 0. The number of carbonyl (C=O) groups excluding carboxylic acids is 1. The van der Waals surface area contributed by atoms with Crippen LogP contribution in [0.4, 0.5) is 0 Å². The second-order valence-electron chi connectivity index (χ2n) is 1.67. The average Bonchev–Trinajstić information content (AvgIpc) is 1.87. The Morgan fingerprint density at radius 1 is 1.89 bits per heavy atom. The van der Waals surface area contributed by atoms with E-state index in [1.54, 1.807) is 6.92 Å². The third kappa shape index (κ3) is 3.18. The first-order chi connectivity index (χ1) is 4.22. The summed E-state index contributed by atoms with van der Waals surface area (Å²) in [5, 5.41) is 8.76. The Morgan fingerprint density at radius 2 is 2.44 bits per heavy atom. The lowest BCUT2D eigenvalue weighted by molar-refractivity contribution is -0.129. The number of nitrogens with two attached hydrogens (primary N) is 1. The van der Waals surface area contributed by atoms with Gasteiger partial charge < -0.3 is 9.94 Å². The maximum absolute atomic E-state index is 10.5. The normalized spacial score (nSPS) is 13.2. The van der Waals surface area contributed by atoms with E-state index in [0.717, 1.165) is 0 Å². The van der Waals surface area contributed by atoms with Gasteiger partial charge >= 0.3 is 0 Å². The van der Waals surface area contributed by atoms with Gasteiger partial charge in [0.05, 0.1) is 0 Å². The Morgan fingerprint density at radius 3 is 2.78 bits per heavy atom. The van der Waals surface area contributed by atoms with Gasteiger partial charge in [-0.15, -0.1) is 0 Å². The van der Waals surface area contributed by atoms with Crippen molar-refractivity contribution in [2.75, 3.05) is 6.61 Å². The molecule has 1 atom stereocenters. The quantitative estimate of drug-likeness (QED) is 0.493. The van der Waals surface area contributed by atoms with Crippen LogP contribution in [0.1, 0.15) is 13.3 Å². The molecule has 0 aliphatic heterocycles. The van der Waals surface area contributed by atoms with Crippen molar-refractivity contribution in [3.05, 3.63) is 0 Å². The smallest absolute Gasteiger partial charge is 0.163 e. The second-order valence-corrected chi connectivity index (χ2v) is 1.67. The predicted octanol–water partition coefficient (Wildman–Crippen LogP) is -0.783. The van der Waals surface area contributed by atoms with Gasteiger partial charge in [0, 0.05) is 6.42 Å². The molecule has 0 bridgehead atoms. The van der Waals surface area contributed by atoms with Crippen LogP contribution in [0.5, 0.6) is 0 Å². The first kappa shape index (κ1) is 8.55. The SMILES string of the molecule is CCC(=O)C(O)CON. The molecule has 0 saturated heterocycles. The molecule has 0 fully saturated rings. The first-order valence-electron chi connectivity index (χ1n) is 2.74. The van der Waals surface area contributed by atoms with Gasteiger partial charge in [0.15, 0.2) is 5.78 Å². The van der Waals surface area contributed by atoms with Gasteiger partial charge in [-0.25, -0.2) is 5.90 Å². The van der Waals surface area contributed by atoms with Crippen molar-refractivity contribution < 1.29 is 14.7 Å². The van der Waals surface area contributed by atoms with Crippen LogP contribution >= 0.6 is 0 Å². The van der Waals surface area contributed by atoms with E-state index in [4.69, 9.17) is 5.11 Å². The molecular weight excluding hydrogens is 122 g/mol. The van der Waals surface area contributed by atoms with Crippen LogP contribution in [-0.2, 0) is 9.63 Å². The predicted molar refractivity (Wildman–Crippen MR) is 31.4 cm³/mol. The summed E-state index contributed by atoms with van der Waals surface area (Å²) >= 11 is 0. The van der Waals surface area contributed by atoms with Crippen LogP contribution < -0.4 is 5.90 Å². The van der Waals surface area contributed by atoms with Crippen LogP contribution in [0.2, 0.25) is 0 Å². The molecule has 1 unspecified atom stereocenters. The number of rotatable bonds is 4. The maximum Gasteiger partial charge on any atom is 0.163 e. The van der Waals surface area contributed by atoms with E-state index in [-0.39, 0.29) is 12.4 Å². The topological polar surface area (TPSA) is 72.5 Å². The number of aliphatic hydroxyl groups is 1. The highest BCUT2D eigenvalue weighted by atomic mass is 16.6. The van der Waals surface area contributed by atoms with Crippen molar-refractivity contribution in [3.8, 4) is 0 Å². The summed E-state index contributed by atoms with van der Waals surface area (Å²) in [6.45, 7) is 1.55. The molecule has 0 aliphatic carbocycles. The van der Waals surface area contributed by atoms with Crippen molar-refractivity contribution in [2.45, 2.75) is 19.4 Å². The zero-order valence-corrected chi connectivity index (χ0v) is 5.33. The lowest BCUT2D eigenvalue weighted by Gasteiger charge is -2.03. The molecule has 0 rings (SSSR count). The summed E-state index contributed by atoms with van der Waals surface area (Å²) in [6.07, 6.45) is -0.746. The molecule has 0 spiro atoms. The van der Waals surface area contributed by atoms with Crippen LogP contribution in [-0.4, -0.2) is 23.6 Å². The molecule has 0 aromatic rings. The summed E-state index contributed by atoms with van der Waals surface area (Å²) in [6, 6.07) is 0. The van der Waals surface area contributed by atoms with E-state index < -0.39 is 6.10 Å². The van der Waals surface area contributed by atoms with Crippen LogP contribution in [0.25, 0.3) is 0 Å². The molecule has 0 aromatic carbocycles. The molecule has 0 aliphatic rings. The fourth-order valence-electron chi connectivity index (χ4n) is 0.420. The van der Waals surface area contributed by atoms with Crippen molar-refractivity contribution in [1.82, 2.24) is 0 Å². The molecule has 0 heterocycles. The molecule has 0 aromatic heterocycles. The van der Waals surface area contributed by atoms with Crippen molar-refractivity contribution in [3.63, 3.8) is 0 Å². The average molecular weight is 133 g/mol. The molecular formula is C5H11NO3. The Labute approximate surface area is 53.6 Å². The summed E-state index contributed by atoms with van der Waals surface area (Å²) in [5.41, 5.74) is 0. The van der Waals surface area contributed by atoms with Gasteiger partial charge in [-0.2, -0.15) is 0 Å². The summed E-state index contributed by atoms with van der Waals surface area (Å²) < 4.78 is 0. The number of aliphatic hydroxyl groups excluding tert-OH is 1. The van der Waals surface area contributed by atoms with E-state index in [9.17, 15) is 4.79 Å². The molecule has 54 valence electrons. The first-order valence-corrected chi connectivity index (χ1v) is 2.74. The largest absolute Gasteiger partial charge is 0.383 e. The van der Waals surface area contributed by atoms with Gasteiger partial charge in [0.1, 0.15) is 12.7 Å². The van der Waals surface area contributed by atoms with E-state index in [1.807, 2.05) is 0 Å².